The average Bonchev–Trinajstić information content (AvgIpc) is 2.12. The smallest absolute Gasteiger partial charge is 0.354 e. The van der Waals surface area contributed by atoms with Crippen molar-refractivity contribution in [2.24, 2.45) is 5.92 Å². The van der Waals surface area contributed by atoms with Crippen LogP contribution in [0.25, 0.3) is 0 Å². The fourth-order valence-corrected chi connectivity index (χ4v) is 1.12. The zero-order chi connectivity index (χ0) is 12.3. The molecule has 0 aromatic carbocycles. The standard InChI is InChI=1S/C9H11ClF3N3/c1-5(2)4-14-8-15-6(9(11,12)13)3-7(10)16-8/h3,5H,4H2,1-2H3,(H,14,15,16). The van der Waals surface area contributed by atoms with Crippen LogP contribution in [-0.4, -0.2) is 16.5 Å². The van der Waals surface area contributed by atoms with E-state index in [9.17, 15) is 13.2 Å². The number of aromatic nitrogens is 2. The molecule has 1 N–H and O–H groups in total. The molecular weight excluding hydrogens is 243 g/mol. The van der Waals surface area contributed by atoms with E-state index in [2.05, 4.69) is 15.3 Å². The maximum absolute atomic E-state index is 12.4. The van der Waals surface area contributed by atoms with Gasteiger partial charge in [-0.3, -0.25) is 0 Å². The van der Waals surface area contributed by atoms with E-state index in [0.29, 0.717) is 12.6 Å². The molecule has 1 heterocycles. The number of halogens is 4. The second-order valence-corrected chi connectivity index (χ2v) is 4.06. The Morgan fingerprint density at radius 2 is 2.00 bits per heavy atom. The van der Waals surface area contributed by atoms with Gasteiger partial charge in [-0.2, -0.15) is 13.2 Å². The predicted molar refractivity (Wildman–Crippen MR) is 55.4 cm³/mol. The van der Waals surface area contributed by atoms with Crippen LogP contribution < -0.4 is 5.32 Å². The summed E-state index contributed by atoms with van der Waals surface area (Å²) in [6, 6.07) is 0.697. The zero-order valence-corrected chi connectivity index (χ0v) is 9.52. The largest absolute Gasteiger partial charge is 0.433 e. The summed E-state index contributed by atoms with van der Waals surface area (Å²) in [5.74, 6) is 0.172. The van der Waals surface area contributed by atoms with Crippen molar-refractivity contribution in [1.29, 1.82) is 0 Å². The van der Waals surface area contributed by atoms with Crippen molar-refractivity contribution >= 4 is 17.5 Å². The van der Waals surface area contributed by atoms with Crippen molar-refractivity contribution in [2.75, 3.05) is 11.9 Å². The molecule has 7 heteroatoms. The Kier molecular flexibility index (Phi) is 3.96. The van der Waals surface area contributed by atoms with Gasteiger partial charge in [-0.25, -0.2) is 9.97 Å². The highest BCUT2D eigenvalue weighted by molar-refractivity contribution is 6.29. The van der Waals surface area contributed by atoms with Gasteiger partial charge >= 0.3 is 6.18 Å². The summed E-state index contributed by atoms with van der Waals surface area (Å²) < 4.78 is 37.1. The Bertz CT molecular complexity index is 366. The van der Waals surface area contributed by atoms with Gasteiger partial charge in [0.1, 0.15) is 5.15 Å². The summed E-state index contributed by atoms with van der Waals surface area (Å²) in [5, 5.41) is 2.46. The summed E-state index contributed by atoms with van der Waals surface area (Å²) in [6.07, 6.45) is -4.51. The number of hydrogen-bond donors (Lipinski definition) is 1. The van der Waals surface area contributed by atoms with E-state index < -0.39 is 11.9 Å². The molecule has 0 bridgehead atoms. The van der Waals surface area contributed by atoms with Gasteiger partial charge in [-0.05, 0) is 5.92 Å². The van der Waals surface area contributed by atoms with Crippen LogP contribution in [0.15, 0.2) is 6.07 Å². The fraction of sp³-hybridized carbons (Fsp3) is 0.556. The second kappa shape index (κ2) is 4.86. The molecule has 0 radical (unpaired) electrons. The number of nitrogens with one attached hydrogen (secondary N) is 1. The third kappa shape index (κ3) is 3.84. The lowest BCUT2D eigenvalue weighted by molar-refractivity contribution is -0.141. The molecule has 0 aliphatic heterocycles. The van der Waals surface area contributed by atoms with Crippen molar-refractivity contribution in [3.05, 3.63) is 16.9 Å². The zero-order valence-electron chi connectivity index (χ0n) is 8.77. The third-order valence-corrected chi connectivity index (χ3v) is 1.85. The molecule has 0 saturated heterocycles. The summed E-state index contributed by atoms with van der Waals surface area (Å²) >= 11 is 5.48. The SMILES string of the molecule is CC(C)CNc1nc(Cl)cc(C(F)(F)F)n1. The highest BCUT2D eigenvalue weighted by Gasteiger charge is 2.33. The first-order valence-corrected chi connectivity index (χ1v) is 5.02. The summed E-state index contributed by atoms with van der Waals surface area (Å²) in [7, 11) is 0. The molecule has 0 spiro atoms. The molecule has 1 rings (SSSR count). The van der Waals surface area contributed by atoms with Gasteiger partial charge in [0.25, 0.3) is 0 Å². The van der Waals surface area contributed by atoms with Crippen LogP contribution in [0.1, 0.15) is 19.5 Å². The van der Waals surface area contributed by atoms with Gasteiger partial charge in [-0.1, -0.05) is 25.4 Å². The van der Waals surface area contributed by atoms with Crippen LogP contribution in [0.3, 0.4) is 0 Å². The number of hydrogen-bond acceptors (Lipinski definition) is 3. The molecule has 1 aromatic rings. The highest BCUT2D eigenvalue weighted by Crippen LogP contribution is 2.29. The lowest BCUT2D eigenvalue weighted by atomic mass is 10.2. The molecule has 0 saturated carbocycles. The molecule has 0 fully saturated rings. The minimum Gasteiger partial charge on any atom is -0.354 e. The van der Waals surface area contributed by atoms with Crippen molar-refractivity contribution in [2.45, 2.75) is 20.0 Å². The van der Waals surface area contributed by atoms with Crippen LogP contribution >= 0.6 is 11.6 Å². The van der Waals surface area contributed by atoms with Gasteiger partial charge < -0.3 is 5.32 Å². The number of anilines is 1. The fourth-order valence-electron chi connectivity index (χ4n) is 0.937. The molecule has 0 unspecified atom stereocenters. The predicted octanol–water partition coefficient (Wildman–Crippen LogP) is 3.22. The van der Waals surface area contributed by atoms with Gasteiger partial charge in [0.05, 0.1) is 0 Å². The molecular formula is C9H11ClF3N3. The van der Waals surface area contributed by atoms with Gasteiger partial charge in [-0.15, -0.1) is 0 Å². The summed E-state index contributed by atoms with van der Waals surface area (Å²) in [6.45, 7) is 4.32. The number of alkyl halides is 3. The molecule has 0 aliphatic rings. The highest BCUT2D eigenvalue weighted by atomic mass is 35.5. The van der Waals surface area contributed by atoms with E-state index in [4.69, 9.17) is 11.6 Å². The van der Waals surface area contributed by atoms with E-state index in [1.807, 2.05) is 13.8 Å². The van der Waals surface area contributed by atoms with E-state index >= 15 is 0 Å². The van der Waals surface area contributed by atoms with Gasteiger partial charge in [0.15, 0.2) is 5.69 Å². The first kappa shape index (κ1) is 13.0. The van der Waals surface area contributed by atoms with Crippen molar-refractivity contribution in [3.63, 3.8) is 0 Å². The molecule has 0 aliphatic carbocycles. The van der Waals surface area contributed by atoms with Crippen molar-refractivity contribution in [3.8, 4) is 0 Å². The first-order valence-electron chi connectivity index (χ1n) is 4.64. The monoisotopic (exact) mass is 253 g/mol. The number of rotatable bonds is 3. The minimum absolute atomic E-state index is 0.103. The van der Waals surface area contributed by atoms with Crippen LogP contribution in [0, 0.1) is 5.92 Å². The molecule has 1 aromatic heterocycles. The molecule has 0 amide bonds. The normalized spacial score (nSPS) is 11.9. The van der Waals surface area contributed by atoms with Gasteiger partial charge in [0, 0.05) is 12.6 Å². The Labute approximate surface area is 96.0 Å². The maximum atomic E-state index is 12.4. The van der Waals surface area contributed by atoms with E-state index in [-0.39, 0.29) is 17.0 Å². The van der Waals surface area contributed by atoms with Crippen LogP contribution in [0.5, 0.6) is 0 Å². The van der Waals surface area contributed by atoms with Gasteiger partial charge in [0.2, 0.25) is 5.95 Å². The average molecular weight is 254 g/mol. The summed E-state index contributed by atoms with van der Waals surface area (Å²) in [4.78, 5) is 7.01. The first-order chi connectivity index (χ1) is 7.29. The molecule has 0 atom stereocenters. The molecule has 90 valence electrons. The summed E-state index contributed by atoms with van der Waals surface area (Å²) in [5.41, 5.74) is -1.04. The minimum atomic E-state index is -4.51. The second-order valence-electron chi connectivity index (χ2n) is 3.67. The quantitative estimate of drug-likeness (QED) is 0.841. The van der Waals surface area contributed by atoms with E-state index in [0.717, 1.165) is 0 Å². The Morgan fingerprint density at radius 1 is 1.38 bits per heavy atom. The molecule has 3 nitrogen and oxygen atoms in total. The number of nitrogens with zero attached hydrogens (tertiary/aromatic N) is 2. The maximum Gasteiger partial charge on any atom is 0.433 e. The lowest BCUT2D eigenvalue weighted by Gasteiger charge is -2.10. The third-order valence-electron chi connectivity index (χ3n) is 1.65. The van der Waals surface area contributed by atoms with E-state index in [1.165, 1.54) is 0 Å². The van der Waals surface area contributed by atoms with E-state index in [1.54, 1.807) is 0 Å². The van der Waals surface area contributed by atoms with Crippen molar-refractivity contribution < 1.29 is 13.2 Å². The van der Waals surface area contributed by atoms with Crippen LogP contribution in [-0.2, 0) is 6.18 Å². The van der Waals surface area contributed by atoms with Crippen LogP contribution in [0.2, 0.25) is 5.15 Å². The topological polar surface area (TPSA) is 37.8 Å². The van der Waals surface area contributed by atoms with Crippen molar-refractivity contribution in [1.82, 2.24) is 9.97 Å². The van der Waals surface area contributed by atoms with Crippen LogP contribution in [0.4, 0.5) is 19.1 Å². The Balaban J connectivity index is 2.90. The Hall–Kier alpha value is -1.04. The molecule has 16 heavy (non-hydrogen) atoms. The Morgan fingerprint density at radius 3 is 2.50 bits per heavy atom. The lowest BCUT2D eigenvalue weighted by Crippen LogP contribution is -2.14.